The summed E-state index contributed by atoms with van der Waals surface area (Å²) in [7, 11) is 0. The van der Waals surface area contributed by atoms with Crippen molar-refractivity contribution < 1.29 is 8.83 Å². The molecule has 6 heteroatoms. The van der Waals surface area contributed by atoms with Gasteiger partial charge >= 0.3 is 0 Å². The molecule has 57 heavy (non-hydrogen) atoms. The fraction of sp³-hybridized carbons (Fsp3) is 0. The average molecular weight is 733 g/mol. The smallest absolute Gasteiger partial charge is 0.167 e. The van der Waals surface area contributed by atoms with Crippen LogP contribution in [0.3, 0.4) is 0 Å². The third kappa shape index (κ3) is 5.62. The molecule has 0 bridgehead atoms. The molecular weight excluding hydrogens is 701 g/mol. The molecule has 0 saturated heterocycles. The van der Waals surface area contributed by atoms with E-state index in [0.717, 1.165) is 77.6 Å². The minimum absolute atomic E-state index is 0.512. The molecule has 0 N–H and O–H groups in total. The van der Waals surface area contributed by atoms with Gasteiger partial charge in [-0.1, -0.05) is 140 Å². The minimum Gasteiger partial charge on any atom is -0.456 e. The van der Waals surface area contributed by atoms with Gasteiger partial charge in [0.1, 0.15) is 22.3 Å². The van der Waals surface area contributed by atoms with E-state index >= 15 is 0 Å². The normalized spacial score (nSPS) is 11.5. The van der Waals surface area contributed by atoms with Crippen molar-refractivity contribution in [2.75, 3.05) is 4.90 Å². The zero-order chi connectivity index (χ0) is 37.7. The molecule has 8 aromatic carbocycles. The van der Waals surface area contributed by atoms with Crippen LogP contribution in [0.1, 0.15) is 0 Å². The van der Waals surface area contributed by atoms with Crippen LogP contribution in [0.2, 0.25) is 0 Å². The first-order valence-electron chi connectivity index (χ1n) is 18.9. The summed E-state index contributed by atoms with van der Waals surface area (Å²) in [6.45, 7) is 0. The number of benzene rings is 8. The first-order chi connectivity index (χ1) is 28.3. The molecule has 0 aliphatic heterocycles. The van der Waals surface area contributed by atoms with E-state index in [4.69, 9.17) is 23.8 Å². The highest BCUT2D eigenvalue weighted by atomic mass is 16.3. The van der Waals surface area contributed by atoms with Gasteiger partial charge in [0.25, 0.3) is 0 Å². The molecule has 11 rings (SSSR count). The third-order valence-corrected chi connectivity index (χ3v) is 10.5. The Balaban J connectivity index is 1.15. The maximum absolute atomic E-state index is 6.84. The van der Waals surface area contributed by atoms with E-state index in [0.29, 0.717) is 23.1 Å². The first kappa shape index (κ1) is 32.6. The molecule has 0 amide bonds. The van der Waals surface area contributed by atoms with Gasteiger partial charge in [-0.25, -0.2) is 15.0 Å². The van der Waals surface area contributed by atoms with Gasteiger partial charge in [0, 0.05) is 38.7 Å². The highest BCUT2D eigenvalue weighted by molar-refractivity contribution is 6.17. The van der Waals surface area contributed by atoms with Crippen LogP contribution in [0.5, 0.6) is 0 Å². The van der Waals surface area contributed by atoms with Crippen molar-refractivity contribution in [1.29, 1.82) is 0 Å². The Bertz CT molecular complexity index is 3230. The average Bonchev–Trinajstić information content (AvgIpc) is 3.87. The lowest BCUT2D eigenvalue weighted by atomic mass is 10.0. The number of anilines is 3. The molecule has 268 valence electrons. The Labute approximate surface area is 328 Å². The lowest BCUT2D eigenvalue weighted by Crippen LogP contribution is -2.10. The van der Waals surface area contributed by atoms with Gasteiger partial charge in [-0.15, -0.1) is 0 Å². The third-order valence-electron chi connectivity index (χ3n) is 10.5. The van der Waals surface area contributed by atoms with Crippen LogP contribution in [0.15, 0.2) is 203 Å². The van der Waals surface area contributed by atoms with Gasteiger partial charge in [0.2, 0.25) is 0 Å². The molecular formula is C51H32N4O2. The van der Waals surface area contributed by atoms with Crippen LogP contribution < -0.4 is 4.90 Å². The molecule has 11 aromatic rings. The Hall–Kier alpha value is -7.83. The van der Waals surface area contributed by atoms with Gasteiger partial charge in [0.05, 0.1) is 16.6 Å². The van der Waals surface area contributed by atoms with E-state index in [1.807, 2.05) is 84.9 Å². The first-order valence-corrected chi connectivity index (χ1v) is 18.9. The van der Waals surface area contributed by atoms with Crippen molar-refractivity contribution in [2.24, 2.45) is 0 Å². The summed E-state index contributed by atoms with van der Waals surface area (Å²) in [6, 6.07) is 66.2. The van der Waals surface area contributed by atoms with Crippen molar-refractivity contribution in [3.63, 3.8) is 0 Å². The maximum atomic E-state index is 6.84. The lowest BCUT2D eigenvalue weighted by Gasteiger charge is -2.26. The van der Waals surface area contributed by atoms with Crippen molar-refractivity contribution in [3.05, 3.63) is 194 Å². The van der Waals surface area contributed by atoms with Crippen LogP contribution in [0.25, 0.3) is 89.2 Å². The molecule has 0 fully saturated rings. The van der Waals surface area contributed by atoms with E-state index < -0.39 is 0 Å². The molecule has 0 atom stereocenters. The molecule has 0 spiro atoms. The van der Waals surface area contributed by atoms with Crippen molar-refractivity contribution in [3.8, 4) is 45.3 Å². The predicted molar refractivity (Wildman–Crippen MR) is 231 cm³/mol. The van der Waals surface area contributed by atoms with E-state index in [9.17, 15) is 0 Å². The monoisotopic (exact) mass is 732 g/mol. The SMILES string of the molecule is c1ccc(-c2ccc(N(c3ccccc3)c3ccc(-c4nc(-c5ccccc5)nc(-c5cccc6oc7ccccc7c56)n4)c4oc5ccccc5c34)cc2)cc1. The molecule has 0 radical (unpaired) electrons. The van der Waals surface area contributed by atoms with Crippen LogP contribution >= 0.6 is 0 Å². The van der Waals surface area contributed by atoms with E-state index in [1.54, 1.807) is 0 Å². The summed E-state index contributed by atoms with van der Waals surface area (Å²) in [6.07, 6.45) is 0. The number of furan rings is 2. The number of fused-ring (bicyclic) bond motifs is 6. The quantitative estimate of drug-likeness (QED) is 0.162. The Kier molecular flexibility index (Phi) is 7.71. The number of hydrogen-bond donors (Lipinski definition) is 0. The summed E-state index contributed by atoms with van der Waals surface area (Å²) in [5.41, 5.74) is 10.9. The Morgan fingerprint density at radius 3 is 1.58 bits per heavy atom. The zero-order valence-electron chi connectivity index (χ0n) is 30.6. The van der Waals surface area contributed by atoms with Crippen LogP contribution in [-0.4, -0.2) is 15.0 Å². The Morgan fingerprint density at radius 1 is 0.333 bits per heavy atom. The standard InChI is InChI=1S/C51H32N4O2/c1-4-15-33(16-5-1)34-27-29-37(30-28-34)55(36-19-8-3-9-20-36)42-32-31-41(48-47(42)39-22-11-13-25-44(39)57-48)51-53-49(35-17-6-2-7-18-35)52-50(54-51)40-23-14-26-45-46(40)38-21-10-12-24-43(38)56-45/h1-32H. The Morgan fingerprint density at radius 2 is 0.860 bits per heavy atom. The summed E-state index contributed by atoms with van der Waals surface area (Å²) in [5.74, 6) is 1.63. The molecule has 6 nitrogen and oxygen atoms in total. The van der Waals surface area contributed by atoms with Crippen molar-refractivity contribution in [1.82, 2.24) is 15.0 Å². The summed E-state index contributed by atoms with van der Waals surface area (Å²) < 4.78 is 13.1. The number of hydrogen-bond acceptors (Lipinski definition) is 6. The lowest BCUT2D eigenvalue weighted by molar-refractivity contribution is 0.668. The highest BCUT2D eigenvalue weighted by Gasteiger charge is 2.25. The van der Waals surface area contributed by atoms with Gasteiger partial charge in [-0.2, -0.15) is 0 Å². The molecule has 0 aliphatic carbocycles. The predicted octanol–water partition coefficient (Wildman–Crippen LogP) is 13.8. The number of rotatable bonds is 7. The number of aromatic nitrogens is 3. The van der Waals surface area contributed by atoms with E-state index in [-0.39, 0.29) is 0 Å². The van der Waals surface area contributed by atoms with Gasteiger partial charge < -0.3 is 13.7 Å². The van der Waals surface area contributed by atoms with Crippen molar-refractivity contribution >= 4 is 60.9 Å². The number of nitrogens with zero attached hydrogens (tertiary/aromatic N) is 4. The van der Waals surface area contributed by atoms with E-state index in [2.05, 4.69) is 114 Å². The van der Waals surface area contributed by atoms with Gasteiger partial charge in [-0.3, -0.25) is 0 Å². The summed E-state index contributed by atoms with van der Waals surface area (Å²) in [4.78, 5) is 17.8. The molecule has 3 heterocycles. The van der Waals surface area contributed by atoms with E-state index in [1.165, 1.54) is 5.56 Å². The van der Waals surface area contributed by atoms with Crippen molar-refractivity contribution in [2.45, 2.75) is 0 Å². The highest BCUT2D eigenvalue weighted by Crippen LogP contribution is 2.46. The second kappa shape index (κ2) is 13.5. The second-order valence-electron chi connectivity index (χ2n) is 14.0. The van der Waals surface area contributed by atoms with Gasteiger partial charge in [-0.05, 0) is 65.7 Å². The summed E-state index contributed by atoms with van der Waals surface area (Å²) in [5, 5.41) is 3.93. The zero-order valence-corrected chi connectivity index (χ0v) is 30.6. The topological polar surface area (TPSA) is 68.2 Å². The molecule has 0 saturated carbocycles. The fourth-order valence-electron chi connectivity index (χ4n) is 7.91. The fourth-order valence-corrected chi connectivity index (χ4v) is 7.91. The molecule has 0 unspecified atom stereocenters. The second-order valence-corrected chi connectivity index (χ2v) is 14.0. The minimum atomic E-state index is 0.512. The van der Waals surface area contributed by atoms with Gasteiger partial charge in [0.15, 0.2) is 17.5 Å². The molecule has 0 aliphatic rings. The van der Waals surface area contributed by atoms with Crippen LogP contribution in [0.4, 0.5) is 17.1 Å². The maximum Gasteiger partial charge on any atom is 0.167 e. The summed E-state index contributed by atoms with van der Waals surface area (Å²) >= 11 is 0. The molecule has 3 aromatic heterocycles. The largest absolute Gasteiger partial charge is 0.456 e. The van der Waals surface area contributed by atoms with Crippen LogP contribution in [-0.2, 0) is 0 Å². The van der Waals surface area contributed by atoms with Crippen LogP contribution in [0, 0.1) is 0 Å². The number of para-hydroxylation sites is 3.